The number of hydrogen-bond acceptors (Lipinski definition) is 7. The Kier molecular flexibility index (Phi) is 8.47. The summed E-state index contributed by atoms with van der Waals surface area (Å²) in [7, 11) is -2.74. The lowest BCUT2D eigenvalue weighted by atomic mass is 10.1. The van der Waals surface area contributed by atoms with Crippen molar-refractivity contribution in [3.8, 4) is 5.69 Å². The highest BCUT2D eigenvalue weighted by Gasteiger charge is 2.32. The molecule has 1 unspecified atom stereocenters. The largest absolute Gasteiger partial charge is 0.340 e. The zero-order chi connectivity index (χ0) is 27.3. The molecule has 0 saturated carbocycles. The van der Waals surface area contributed by atoms with Crippen molar-refractivity contribution in [3.63, 3.8) is 0 Å². The van der Waals surface area contributed by atoms with E-state index in [9.17, 15) is 28.3 Å². The summed E-state index contributed by atoms with van der Waals surface area (Å²) < 4.78 is 21.2. The first-order valence-corrected chi connectivity index (χ1v) is 13.9. The fourth-order valence-electron chi connectivity index (χ4n) is 3.85. The molecule has 4 N–H and O–H groups in total. The van der Waals surface area contributed by atoms with Crippen LogP contribution in [-0.4, -0.2) is 71.9 Å². The van der Waals surface area contributed by atoms with Crippen LogP contribution in [0.1, 0.15) is 16.8 Å². The molecule has 0 aliphatic carbocycles. The van der Waals surface area contributed by atoms with Gasteiger partial charge in [0, 0.05) is 42.8 Å². The van der Waals surface area contributed by atoms with E-state index in [1.165, 1.54) is 39.9 Å². The zero-order valence-corrected chi connectivity index (χ0v) is 21.7. The van der Waals surface area contributed by atoms with Crippen LogP contribution in [0.25, 0.3) is 5.69 Å². The van der Waals surface area contributed by atoms with Crippen molar-refractivity contribution in [3.05, 3.63) is 87.9 Å². The molecule has 1 saturated heterocycles. The van der Waals surface area contributed by atoms with Crippen molar-refractivity contribution in [2.75, 3.05) is 29.9 Å². The van der Waals surface area contributed by atoms with Gasteiger partial charge in [0.25, 0.3) is 11.5 Å². The van der Waals surface area contributed by atoms with E-state index in [4.69, 9.17) is 11.6 Å². The third kappa shape index (κ3) is 6.98. The second kappa shape index (κ2) is 11.8. The number of pyridine rings is 2. The Morgan fingerprint density at radius 3 is 2.37 bits per heavy atom. The van der Waals surface area contributed by atoms with E-state index < -0.39 is 34.4 Å². The topological polar surface area (TPSA) is 154 Å². The molecule has 3 aromatic rings. The predicted octanol–water partition coefficient (Wildman–Crippen LogP) is 2.61. The maximum absolute atomic E-state index is 13.3. The molecule has 0 spiro atoms. The Hall–Kier alpha value is -3.71. The average Bonchev–Trinajstić information content (AvgIpc) is 2.89. The van der Waals surface area contributed by atoms with Crippen LogP contribution in [0.5, 0.6) is 0 Å². The van der Waals surface area contributed by atoms with Gasteiger partial charge in [-0.05, 0) is 42.5 Å². The van der Waals surface area contributed by atoms with Crippen molar-refractivity contribution < 1.29 is 23.5 Å². The lowest BCUT2D eigenvalue weighted by Gasteiger charge is -2.41. The molecule has 1 aliphatic rings. The van der Waals surface area contributed by atoms with Crippen LogP contribution in [-0.2, 0) is 9.59 Å². The molecule has 13 heteroatoms. The molecule has 1 aromatic carbocycles. The number of amides is 3. The first-order chi connectivity index (χ1) is 18.1. The highest BCUT2D eigenvalue weighted by atomic mass is 35.5. The molecule has 4 rings (SSSR count). The summed E-state index contributed by atoms with van der Waals surface area (Å²) in [6.45, 7) is 0.183. The molecule has 1 atom stereocenters. The van der Waals surface area contributed by atoms with Gasteiger partial charge in [-0.1, -0.05) is 17.7 Å². The number of nitrogens with one attached hydrogen (secondary N) is 2. The number of carbonyl (C=O) groups is 3. The van der Waals surface area contributed by atoms with E-state index in [1.807, 2.05) is 0 Å². The Morgan fingerprint density at radius 2 is 1.74 bits per heavy atom. The summed E-state index contributed by atoms with van der Waals surface area (Å²) in [5.41, 5.74) is 0.555. The maximum Gasteiger partial charge on any atom is 0.255 e. The lowest BCUT2D eigenvalue weighted by Crippen LogP contribution is -2.53. The molecule has 0 bridgehead atoms. The summed E-state index contributed by atoms with van der Waals surface area (Å²) in [5.74, 6) is -1.37. The van der Waals surface area contributed by atoms with E-state index >= 15 is 0 Å². The quantitative estimate of drug-likeness (QED) is 0.347. The summed E-state index contributed by atoms with van der Waals surface area (Å²) in [6.07, 6.45) is 2.59. The number of benzene rings is 1. The smallest absolute Gasteiger partial charge is 0.255 e. The SMILES string of the molecule is O=C(CC(NC(=O)c1ccc(-n2ccccc2=O)cc1)C(=O)N1CCS(O)(O)CC1)Nc1ccc(Cl)cn1. The monoisotopic (exact) mass is 559 g/mol. The second-order valence-electron chi connectivity index (χ2n) is 8.63. The fraction of sp³-hybridized carbons (Fsp3) is 0.240. The van der Waals surface area contributed by atoms with Crippen LogP contribution >= 0.6 is 22.2 Å². The number of hydrogen-bond donors (Lipinski definition) is 4. The van der Waals surface area contributed by atoms with E-state index in [0.29, 0.717) is 10.7 Å². The minimum atomic E-state index is -2.74. The number of carbonyl (C=O) groups excluding carboxylic acids is 3. The van der Waals surface area contributed by atoms with Crippen LogP contribution < -0.4 is 16.2 Å². The molecular weight excluding hydrogens is 534 g/mol. The van der Waals surface area contributed by atoms with Crippen molar-refractivity contribution in [1.29, 1.82) is 0 Å². The fourth-order valence-corrected chi connectivity index (χ4v) is 5.19. The average molecular weight is 560 g/mol. The Balaban J connectivity index is 1.49. The third-order valence-corrected chi connectivity index (χ3v) is 7.80. The molecule has 3 heterocycles. The highest BCUT2D eigenvalue weighted by molar-refractivity contribution is 8.24. The second-order valence-corrected chi connectivity index (χ2v) is 11.5. The van der Waals surface area contributed by atoms with Gasteiger partial charge in [0.15, 0.2) is 0 Å². The molecule has 0 radical (unpaired) electrons. The number of aromatic nitrogens is 2. The Labute approximate surface area is 224 Å². The molecule has 1 aliphatic heterocycles. The van der Waals surface area contributed by atoms with Gasteiger partial charge >= 0.3 is 0 Å². The van der Waals surface area contributed by atoms with Crippen molar-refractivity contribution in [1.82, 2.24) is 19.8 Å². The van der Waals surface area contributed by atoms with Crippen LogP contribution in [0.15, 0.2) is 71.8 Å². The van der Waals surface area contributed by atoms with Crippen LogP contribution in [0.4, 0.5) is 5.82 Å². The van der Waals surface area contributed by atoms with Crippen molar-refractivity contribution in [2.45, 2.75) is 12.5 Å². The normalized spacial score (nSPS) is 16.2. The summed E-state index contributed by atoms with van der Waals surface area (Å²) in [5, 5.41) is 5.60. The van der Waals surface area contributed by atoms with Gasteiger partial charge in [-0.15, -0.1) is 0 Å². The lowest BCUT2D eigenvalue weighted by molar-refractivity contribution is -0.134. The van der Waals surface area contributed by atoms with Crippen molar-refractivity contribution >= 4 is 45.7 Å². The molecule has 11 nitrogen and oxygen atoms in total. The van der Waals surface area contributed by atoms with Gasteiger partial charge < -0.3 is 15.5 Å². The Morgan fingerprint density at radius 1 is 1.03 bits per heavy atom. The van der Waals surface area contributed by atoms with E-state index in [-0.39, 0.29) is 48.0 Å². The molecular formula is C25H26ClN5O6S. The van der Waals surface area contributed by atoms with Crippen LogP contribution in [0.2, 0.25) is 5.02 Å². The Bertz CT molecular complexity index is 1370. The number of nitrogens with zero attached hydrogens (tertiary/aromatic N) is 3. The van der Waals surface area contributed by atoms with Crippen LogP contribution in [0, 0.1) is 0 Å². The minimum absolute atomic E-state index is 0.0284. The van der Waals surface area contributed by atoms with Gasteiger partial charge in [0.05, 0.1) is 22.9 Å². The summed E-state index contributed by atoms with van der Waals surface area (Å²) in [6, 6.07) is 12.8. The summed E-state index contributed by atoms with van der Waals surface area (Å²) in [4.78, 5) is 56.5. The standard InChI is InChI=1S/C25H26ClN5O6S/c26-18-6-9-21(27-16-18)29-22(32)15-20(25(35)30-11-13-38(36,37)14-12-30)28-24(34)17-4-7-19(8-5-17)31-10-2-1-3-23(31)33/h1-10,16,20,36-37H,11-15H2,(H,28,34)(H,27,29,32). The summed E-state index contributed by atoms with van der Waals surface area (Å²) >= 11 is 5.82. The maximum atomic E-state index is 13.3. The zero-order valence-electron chi connectivity index (χ0n) is 20.1. The first kappa shape index (κ1) is 27.3. The number of anilines is 1. The third-order valence-electron chi connectivity index (χ3n) is 5.91. The van der Waals surface area contributed by atoms with Gasteiger partial charge in [0.1, 0.15) is 11.9 Å². The van der Waals surface area contributed by atoms with E-state index in [2.05, 4.69) is 15.6 Å². The van der Waals surface area contributed by atoms with Crippen LogP contribution in [0.3, 0.4) is 0 Å². The molecule has 2 aromatic heterocycles. The van der Waals surface area contributed by atoms with E-state index in [0.717, 1.165) is 0 Å². The molecule has 38 heavy (non-hydrogen) atoms. The highest BCUT2D eigenvalue weighted by Crippen LogP contribution is 2.40. The first-order valence-electron chi connectivity index (χ1n) is 11.6. The van der Waals surface area contributed by atoms with Gasteiger partial charge in [-0.2, -0.15) is 10.6 Å². The molecule has 1 fully saturated rings. The predicted molar refractivity (Wildman–Crippen MR) is 145 cm³/mol. The van der Waals surface area contributed by atoms with E-state index in [1.54, 1.807) is 36.5 Å². The van der Waals surface area contributed by atoms with Gasteiger partial charge in [-0.3, -0.25) is 32.9 Å². The number of rotatable bonds is 7. The van der Waals surface area contributed by atoms with Gasteiger partial charge in [-0.25, -0.2) is 4.98 Å². The molecule has 200 valence electrons. The number of halogens is 1. The molecule has 3 amide bonds. The minimum Gasteiger partial charge on any atom is -0.340 e. The van der Waals surface area contributed by atoms with Crippen molar-refractivity contribution in [2.24, 2.45) is 0 Å². The van der Waals surface area contributed by atoms with Gasteiger partial charge in [0.2, 0.25) is 11.8 Å².